The monoisotopic (exact) mass is 245 g/mol. The lowest BCUT2D eigenvalue weighted by atomic mass is 9.71. The van der Waals surface area contributed by atoms with Crippen LogP contribution >= 0.6 is 0 Å². The van der Waals surface area contributed by atoms with Crippen LogP contribution in [0.4, 0.5) is 0 Å². The molecule has 0 bridgehead atoms. The molecule has 0 aromatic carbocycles. The smallest absolute Gasteiger partial charge is 0.153 e. The molecule has 2 rings (SSSR count). The van der Waals surface area contributed by atoms with E-state index in [-0.39, 0.29) is 5.78 Å². The summed E-state index contributed by atoms with van der Waals surface area (Å²) >= 11 is 0. The van der Waals surface area contributed by atoms with Crippen molar-refractivity contribution in [1.82, 2.24) is 9.78 Å². The Hall–Kier alpha value is -1.63. The van der Waals surface area contributed by atoms with E-state index in [9.17, 15) is 10.1 Å². The first-order valence-electron chi connectivity index (χ1n) is 6.57. The van der Waals surface area contributed by atoms with Gasteiger partial charge in [-0.15, -0.1) is 0 Å². The Kier molecular flexibility index (Phi) is 3.51. The van der Waals surface area contributed by atoms with Gasteiger partial charge in [0, 0.05) is 25.6 Å². The van der Waals surface area contributed by atoms with Gasteiger partial charge in [0.05, 0.1) is 11.8 Å². The minimum absolute atomic E-state index is 0.107. The summed E-state index contributed by atoms with van der Waals surface area (Å²) in [5.74, 6) is 0.107. The molecule has 18 heavy (non-hydrogen) atoms. The maximum Gasteiger partial charge on any atom is 0.153 e. The number of aromatic nitrogens is 2. The van der Waals surface area contributed by atoms with Crippen LogP contribution in [0.3, 0.4) is 0 Å². The summed E-state index contributed by atoms with van der Waals surface area (Å²) in [6.07, 6.45) is 4.51. The SMILES string of the molecule is CCc1cc(CC2(C#N)CCCCC2=O)n(C)n1. The van der Waals surface area contributed by atoms with Crippen molar-refractivity contribution in [3.8, 4) is 6.07 Å². The Morgan fingerprint density at radius 3 is 2.89 bits per heavy atom. The van der Waals surface area contributed by atoms with Crippen LogP contribution in [0.15, 0.2) is 6.07 Å². The standard InChI is InChI=1S/C14H19N3O/c1-3-11-8-12(17(2)16-11)9-14(10-15)7-5-4-6-13(14)18/h8H,3-7,9H2,1-2H3. The number of Topliss-reactive ketones (excluding diaryl/α,β-unsaturated/α-hetero) is 1. The van der Waals surface area contributed by atoms with Gasteiger partial charge in [-0.1, -0.05) is 13.3 Å². The zero-order valence-corrected chi connectivity index (χ0v) is 11.1. The van der Waals surface area contributed by atoms with E-state index in [1.165, 1.54) is 0 Å². The van der Waals surface area contributed by atoms with Gasteiger partial charge in [0.1, 0.15) is 5.41 Å². The Morgan fingerprint density at radius 1 is 1.56 bits per heavy atom. The predicted molar refractivity (Wildman–Crippen MR) is 67.8 cm³/mol. The second-order valence-electron chi connectivity index (χ2n) is 5.11. The molecule has 1 heterocycles. The van der Waals surface area contributed by atoms with Gasteiger partial charge in [0.2, 0.25) is 0 Å². The first-order chi connectivity index (χ1) is 8.61. The van der Waals surface area contributed by atoms with Crippen molar-refractivity contribution in [2.24, 2.45) is 12.5 Å². The van der Waals surface area contributed by atoms with Crippen LogP contribution in [0.2, 0.25) is 0 Å². The number of ketones is 1. The molecule has 4 nitrogen and oxygen atoms in total. The number of carbonyl (C=O) groups is 1. The van der Waals surface area contributed by atoms with E-state index in [1.54, 1.807) is 4.68 Å². The third-order valence-corrected chi connectivity index (χ3v) is 3.88. The molecular formula is C14H19N3O. The summed E-state index contributed by atoms with van der Waals surface area (Å²) in [7, 11) is 1.88. The van der Waals surface area contributed by atoms with Gasteiger partial charge >= 0.3 is 0 Å². The quantitative estimate of drug-likeness (QED) is 0.820. The molecule has 0 aliphatic heterocycles. The molecule has 1 unspecified atom stereocenters. The van der Waals surface area contributed by atoms with Gasteiger partial charge in [-0.3, -0.25) is 9.48 Å². The summed E-state index contributed by atoms with van der Waals surface area (Å²) in [4.78, 5) is 12.1. The second kappa shape index (κ2) is 4.93. The Bertz CT molecular complexity index is 498. The Labute approximate surface area is 108 Å². The van der Waals surface area contributed by atoms with E-state index in [4.69, 9.17) is 0 Å². The largest absolute Gasteiger partial charge is 0.298 e. The summed E-state index contributed by atoms with van der Waals surface area (Å²) in [6, 6.07) is 4.29. The highest BCUT2D eigenvalue weighted by Gasteiger charge is 2.40. The number of aryl methyl sites for hydroxylation is 2. The number of nitrogens with zero attached hydrogens (tertiary/aromatic N) is 3. The average Bonchev–Trinajstić information content (AvgIpc) is 2.73. The van der Waals surface area contributed by atoms with Gasteiger partial charge in [-0.25, -0.2) is 0 Å². The fourth-order valence-electron chi connectivity index (χ4n) is 2.65. The van der Waals surface area contributed by atoms with Crippen molar-refractivity contribution in [1.29, 1.82) is 5.26 Å². The highest BCUT2D eigenvalue weighted by Crippen LogP contribution is 2.35. The minimum Gasteiger partial charge on any atom is -0.298 e. The van der Waals surface area contributed by atoms with E-state index in [0.29, 0.717) is 19.3 Å². The van der Waals surface area contributed by atoms with Gasteiger partial charge < -0.3 is 0 Å². The topological polar surface area (TPSA) is 58.7 Å². The fourth-order valence-corrected chi connectivity index (χ4v) is 2.65. The maximum atomic E-state index is 12.1. The number of hydrogen-bond acceptors (Lipinski definition) is 3. The van der Waals surface area contributed by atoms with Gasteiger partial charge in [0.15, 0.2) is 5.78 Å². The predicted octanol–water partition coefficient (Wildman–Crippen LogP) is 2.18. The molecule has 0 N–H and O–H groups in total. The molecule has 0 saturated heterocycles. The highest BCUT2D eigenvalue weighted by molar-refractivity contribution is 5.88. The minimum atomic E-state index is -0.808. The lowest BCUT2D eigenvalue weighted by Gasteiger charge is -2.28. The molecule has 0 spiro atoms. The lowest BCUT2D eigenvalue weighted by Crippen LogP contribution is -2.35. The number of rotatable bonds is 3. The zero-order valence-electron chi connectivity index (χ0n) is 11.1. The summed E-state index contributed by atoms with van der Waals surface area (Å²) in [5, 5.41) is 13.8. The van der Waals surface area contributed by atoms with Crippen molar-refractivity contribution in [3.63, 3.8) is 0 Å². The molecule has 4 heteroatoms. The van der Waals surface area contributed by atoms with Crippen molar-refractivity contribution in [2.45, 2.75) is 45.4 Å². The van der Waals surface area contributed by atoms with Crippen LogP contribution in [0.1, 0.15) is 44.0 Å². The molecule has 1 aliphatic rings. The van der Waals surface area contributed by atoms with Crippen LogP contribution in [0, 0.1) is 16.7 Å². The number of carbonyl (C=O) groups excluding carboxylic acids is 1. The third kappa shape index (κ3) is 2.17. The van der Waals surface area contributed by atoms with E-state index < -0.39 is 5.41 Å². The fraction of sp³-hybridized carbons (Fsp3) is 0.643. The van der Waals surface area contributed by atoms with E-state index in [0.717, 1.165) is 30.7 Å². The third-order valence-electron chi connectivity index (χ3n) is 3.88. The van der Waals surface area contributed by atoms with Crippen molar-refractivity contribution in [3.05, 3.63) is 17.5 Å². The molecule has 1 atom stereocenters. The van der Waals surface area contributed by atoms with Crippen LogP contribution < -0.4 is 0 Å². The second-order valence-corrected chi connectivity index (χ2v) is 5.11. The van der Waals surface area contributed by atoms with E-state index in [2.05, 4.69) is 18.1 Å². The lowest BCUT2D eigenvalue weighted by molar-refractivity contribution is -0.128. The first-order valence-corrected chi connectivity index (χ1v) is 6.57. The van der Waals surface area contributed by atoms with Crippen molar-refractivity contribution in [2.75, 3.05) is 0 Å². The molecule has 96 valence electrons. The number of nitriles is 1. The van der Waals surface area contributed by atoms with Crippen molar-refractivity contribution < 1.29 is 4.79 Å². The van der Waals surface area contributed by atoms with E-state index >= 15 is 0 Å². The molecule has 0 amide bonds. The molecule has 1 fully saturated rings. The number of hydrogen-bond donors (Lipinski definition) is 0. The summed E-state index contributed by atoms with van der Waals surface area (Å²) in [5.41, 5.74) is 1.20. The summed E-state index contributed by atoms with van der Waals surface area (Å²) < 4.78 is 1.81. The maximum absolute atomic E-state index is 12.1. The van der Waals surface area contributed by atoms with E-state index in [1.807, 2.05) is 13.1 Å². The zero-order chi connectivity index (χ0) is 13.2. The summed E-state index contributed by atoms with van der Waals surface area (Å²) in [6.45, 7) is 2.05. The van der Waals surface area contributed by atoms with Gasteiger partial charge in [0.25, 0.3) is 0 Å². The van der Waals surface area contributed by atoms with Gasteiger partial charge in [-0.2, -0.15) is 10.4 Å². The highest BCUT2D eigenvalue weighted by atomic mass is 16.1. The molecule has 0 radical (unpaired) electrons. The van der Waals surface area contributed by atoms with Crippen molar-refractivity contribution >= 4 is 5.78 Å². The van der Waals surface area contributed by atoms with Crippen LogP contribution in [0.5, 0.6) is 0 Å². The molecule has 1 aliphatic carbocycles. The molecule has 1 saturated carbocycles. The first kappa shape index (κ1) is 12.8. The molecule has 1 aromatic heterocycles. The van der Waals surface area contributed by atoms with Crippen LogP contribution in [-0.4, -0.2) is 15.6 Å². The normalized spacial score (nSPS) is 23.9. The molecular weight excluding hydrogens is 226 g/mol. The Morgan fingerprint density at radius 2 is 2.33 bits per heavy atom. The molecule has 1 aromatic rings. The van der Waals surface area contributed by atoms with Crippen LogP contribution in [0.25, 0.3) is 0 Å². The van der Waals surface area contributed by atoms with Gasteiger partial charge in [-0.05, 0) is 25.3 Å². The Balaban J connectivity index is 2.27. The average molecular weight is 245 g/mol. The van der Waals surface area contributed by atoms with Crippen LogP contribution in [-0.2, 0) is 24.7 Å².